The molecule has 210 valence electrons. The number of carbonyl (C=O) groups is 1. The molecule has 1 aliphatic rings. The van der Waals surface area contributed by atoms with E-state index in [4.69, 9.17) is 20.8 Å². The first-order chi connectivity index (χ1) is 18.5. The van der Waals surface area contributed by atoms with Crippen molar-refractivity contribution < 1.29 is 22.4 Å². The van der Waals surface area contributed by atoms with E-state index in [1.807, 2.05) is 6.07 Å². The Morgan fingerprint density at radius 1 is 1.21 bits per heavy atom. The summed E-state index contributed by atoms with van der Waals surface area (Å²) < 4.78 is 40.0. The highest BCUT2D eigenvalue weighted by Gasteiger charge is 2.22. The molecule has 1 fully saturated rings. The molecule has 11 nitrogen and oxygen atoms in total. The van der Waals surface area contributed by atoms with Gasteiger partial charge in [0.2, 0.25) is 0 Å². The molecule has 1 amide bonds. The third-order valence-corrected chi connectivity index (χ3v) is 7.97. The molecule has 1 aromatic heterocycles. The van der Waals surface area contributed by atoms with Crippen molar-refractivity contribution in [2.75, 3.05) is 52.0 Å². The van der Waals surface area contributed by atoms with E-state index in [1.54, 1.807) is 39.2 Å². The second-order valence-corrected chi connectivity index (χ2v) is 11.5. The molecule has 0 spiro atoms. The summed E-state index contributed by atoms with van der Waals surface area (Å²) in [5.74, 6) is 0.0900. The van der Waals surface area contributed by atoms with E-state index >= 15 is 0 Å². The van der Waals surface area contributed by atoms with Crippen LogP contribution < -0.4 is 25.1 Å². The van der Waals surface area contributed by atoms with E-state index in [-0.39, 0.29) is 22.8 Å². The molecule has 2 heterocycles. The normalized spacial score (nSPS) is 14.4. The van der Waals surface area contributed by atoms with Gasteiger partial charge in [-0.3, -0.25) is 9.62 Å². The number of hydrogen-bond donors (Lipinski definition) is 3. The van der Waals surface area contributed by atoms with Crippen LogP contribution >= 0.6 is 11.6 Å². The van der Waals surface area contributed by atoms with Crippen LogP contribution in [0.2, 0.25) is 5.02 Å². The number of nitrogens with zero attached hydrogens (tertiary/aromatic N) is 2. The molecule has 0 saturated carbocycles. The average Bonchev–Trinajstić information content (AvgIpc) is 2.89. The van der Waals surface area contributed by atoms with Crippen molar-refractivity contribution in [2.24, 2.45) is 0 Å². The summed E-state index contributed by atoms with van der Waals surface area (Å²) in [6.07, 6.45) is -0.393. The van der Waals surface area contributed by atoms with Crippen LogP contribution in [0.5, 0.6) is 5.75 Å². The predicted octanol–water partition coefficient (Wildman–Crippen LogP) is 2.69. The van der Waals surface area contributed by atoms with Gasteiger partial charge in [0, 0.05) is 77.3 Å². The number of benzene rings is 2. The number of ether oxygens (including phenoxy) is 1. The fraction of sp³-hybridized carbons (Fsp3) is 0.385. The maximum atomic E-state index is 13.4. The molecule has 3 N–H and O–H groups in total. The zero-order valence-electron chi connectivity index (χ0n) is 22.3. The van der Waals surface area contributed by atoms with Crippen molar-refractivity contribution in [3.05, 3.63) is 68.0 Å². The lowest BCUT2D eigenvalue weighted by atomic mass is 9.95. The zero-order valence-corrected chi connectivity index (χ0v) is 23.8. The molecule has 1 saturated heterocycles. The summed E-state index contributed by atoms with van der Waals surface area (Å²) in [5, 5.41) is 4.18. The summed E-state index contributed by atoms with van der Waals surface area (Å²) in [6, 6.07) is 8.36. The first kappa shape index (κ1) is 28.8. The molecule has 2 aromatic carbocycles. The van der Waals surface area contributed by atoms with Gasteiger partial charge in [-0.05, 0) is 35.7 Å². The summed E-state index contributed by atoms with van der Waals surface area (Å²) in [4.78, 5) is 29.1. The second-order valence-electron chi connectivity index (χ2n) is 9.49. The van der Waals surface area contributed by atoms with Crippen molar-refractivity contribution in [1.82, 2.24) is 19.8 Å². The zero-order chi connectivity index (χ0) is 28.3. The minimum absolute atomic E-state index is 0.0900. The lowest BCUT2D eigenvalue weighted by Gasteiger charge is -2.28. The lowest BCUT2D eigenvalue weighted by Crippen LogP contribution is -2.43. The fourth-order valence-corrected chi connectivity index (χ4v) is 5.20. The Hall–Kier alpha value is -3.16. The minimum atomic E-state index is -3.72. The van der Waals surface area contributed by atoms with Gasteiger partial charge in [0.1, 0.15) is 5.58 Å². The molecule has 0 bridgehead atoms. The Labute approximate surface area is 232 Å². The van der Waals surface area contributed by atoms with Gasteiger partial charge in [0.05, 0.1) is 10.7 Å². The van der Waals surface area contributed by atoms with Gasteiger partial charge in [-0.25, -0.2) is 14.3 Å². The van der Waals surface area contributed by atoms with Crippen LogP contribution in [0.4, 0.5) is 10.5 Å². The molecular formula is C26H32ClN5O6S. The number of rotatable bonds is 8. The number of anilines is 1. The summed E-state index contributed by atoms with van der Waals surface area (Å²) in [7, 11) is 0.706. The van der Waals surface area contributed by atoms with E-state index in [1.165, 1.54) is 18.0 Å². The van der Waals surface area contributed by atoms with Crippen molar-refractivity contribution in [1.29, 1.82) is 0 Å². The molecule has 0 unspecified atom stereocenters. The maximum absolute atomic E-state index is 13.4. The molecule has 4 rings (SSSR count). The number of carbonyl (C=O) groups excluding carboxylic acids is 1. The van der Waals surface area contributed by atoms with Crippen LogP contribution in [0.3, 0.4) is 0 Å². The first-order valence-electron chi connectivity index (χ1n) is 12.4. The standard InChI is InChI=1S/C26H32ClN5O6S/c1-16-17(6-5-7-22(16)30-39(35,36)28-2)12-19-20(15-32-10-8-29-9-11-32)18-13-21(27)24(38-26(34)31(3)4)14-23(18)37-25(19)33/h5-7,13-14,28-30H,8-12,15H2,1-4H3. The highest BCUT2D eigenvalue weighted by atomic mass is 35.5. The Balaban J connectivity index is 1.82. The average molecular weight is 578 g/mol. The Morgan fingerprint density at radius 2 is 1.92 bits per heavy atom. The fourth-order valence-electron chi connectivity index (χ4n) is 4.39. The van der Waals surface area contributed by atoms with Gasteiger partial charge in [0.15, 0.2) is 5.75 Å². The lowest BCUT2D eigenvalue weighted by molar-refractivity contribution is 0.172. The van der Waals surface area contributed by atoms with E-state index in [2.05, 4.69) is 19.7 Å². The van der Waals surface area contributed by atoms with Gasteiger partial charge in [-0.15, -0.1) is 0 Å². The van der Waals surface area contributed by atoms with E-state index in [9.17, 15) is 18.0 Å². The Kier molecular flexibility index (Phi) is 8.82. The van der Waals surface area contributed by atoms with Crippen LogP contribution in [-0.2, 0) is 23.2 Å². The van der Waals surface area contributed by atoms with E-state index in [0.717, 1.165) is 37.3 Å². The largest absolute Gasteiger partial charge is 0.422 e. The summed E-state index contributed by atoms with van der Waals surface area (Å²) in [5.41, 5.74) is 2.80. The second kappa shape index (κ2) is 11.9. The van der Waals surface area contributed by atoms with Crippen LogP contribution in [0, 0.1) is 6.92 Å². The van der Waals surface area contributed by atoms with Crippen molar-refractivity contribution >= 4 is 44.6 Å². The number of piperazine rings is 1. The molecular weight excluding hydrogens is 546 g/mol. The SMILES string of the molecule is CNS(=O)(=O)Nc1cccc(Cc2c(CN3CCNCC3)c3cc(Cl)c(OC(=O)N(C)C)cc3oc2=O)c1C. The number of nitrogens with one attached hydrogen (secondary N) is 3. The Morgan fingerprint density at radius 3 is 2.59 bits per heavy atom. The highest BCUT2D eigenvalue weighted by Crippen LogP contribution is 2.34. The van der Waals surface area contributed by atoms with E-state index < -0.39 is 21.9 Å². The van der Waals surface area contributed by atoms with Gasteiger partial charge < -0.3 is 19.4 Å². The summed E-state index contributed by atoms with van der Waals surface area (Å²) >= 11 is 6.53. The number of amides is 1. The predicted molar refractivity (Wildman–Crippen MR) is 151 cm³/mol. The van der Waals surface area contributed by atoms with Crippen LogP contribution in [0.25, 0.3) is 11.0 Å². The van der Waals surface area contributed by atoms with Crippen LogP contribution in [-0.4, -0.2) is 71.6 Å². The molecule has 1 aliphatic heterocycles. The molecule has 3 aromatic rings. The third kappa shape index (κ3) is 6.71. The molecule has 0 aliphatic carbocycles. The third-order valence-electron chi connectivity index (χ3n) is 6.65. The monoisotopic (exact) mass is 577 g/mol. The van der Waals surface area contributed by atoms with Crippen LogP contribution in [0.1, 0.15) is 22.3 Å². The summed E-state index contributed by atoms with van der Waals surface area (Å²) in [6.45, 7) is 5.53. The molecule has 13 heteroatoms. The van der Waals surface area contributed by atoms with Crippen molar-refractivity contribution in [3.8, 4) is 5.75 Å². The smallest absolute Gasteiger partial charge is 0.414 e. The van der Waals surface area contributed by atoms with Gasteiger partial charge >= 0.3 is 11.7 Å². The van der Waals surface area contributed by atoms with E-state index in [0.29, 0.717) is 28.7 Å². The minimum Gasteiger partial charge on any atom is -0.422 e. The maximum Gasteiger partial charge on any atom is 0.414 e. The van der Waals surface area contributed by atoms with Gasteiger partial charge in [0.25, 0.3) is 10.2 Å². The van der Waals surface area contributed by atoms with Gasteiger partial charge in [-0.1, -0.05) is 23.7 Å². The van der Waals surface area contributed by atoms with Crippen molar-refractivity contribution in [3.63, 3.8) is 0 Å². The molecule has 0 radical (unpaired) electrons. The topological polar surface area (TPSA) is 133 Å². The molecule has 39 heavy (non-hydrogen) atoms. The van der Waals surface area contributed by atoms with Crippen molar-refractivity contribution in [2.45, 2.75) is 19.9 Å². The van der Waals surface area contributed by atoms with Gasteiger partial charge in [-0.2, -0.15) is 8.42 Å². The quantitative estimate of drug-likeness (QED) is 0.348. The highest BCUT2D eigenvalue weighted by molar-refractivity contribution is 7.90. The number of halogens is 1. The first-order valence-corrected chi connectivity index (χ1v) is 14.2. The Bertz CT molecular complexity index is 1550. The molecule has 0 atom stereocenters. The van der Waals surface area contributed by atoms with Crippen LogP contribution in [0.15, 0.2) is 39.5 Å². The number of hydrogen-bond acceptors (Lipinski definition) is 8. The number of fused-ring (bicyclic) bond motifs is 1.